The van der Waals surface area contributed by atoms with Crippen LogP contribution in [-0.4, -0.2) is 81.4 Å². The van der Waals surface area contributed by atoms with E-state index in [1.54, 1.807) is 24.3 Å². The highest BCUT2D eigenvalue weighted by Crippen LogP contribution is 2.29. The maximum Gasteiger partial charge on any atom is 0.323 e. The Balaban J connectivity index is 1.29. The Kier molecular flexibility index (Phi) is 10.4. The van der Waals surface area contributed by atoms with Crippen LogP contribution in [0.2, 0.25) is 0 Å². The molecule has 5 rings (SSSR count). The number of aromatic nitrogens is 1. The Bertz CT molecular complexity index is 1520. The van der Waals surface area contributed by atoms with Crippen LogP contribution in [0.4, 0.5) is 15.6 Å². The summed E-state index contributed by atoms with van der Waals surface area (Å²) in [4.78, 5) is 22.5. The monoisotopic (exact) mass is 619 g/mol. The molecule has 1 aliphatic rings. The summed E-state index contributed by atoms with van der Waals surface area (Å²) < 4.78 is 31.0. The van der Waals surface area contributed by atoms with Crippen molar-refractivity contribution in [2.24, 2.45) is 0 Å². The van der Waals surface area contributed by atoms with Gasteiger partial charge in [-0.2, -0.15) is 0 Å². The number of carbonyl (C=O) groups excluding carboxylic acids is 1. The van der Waals surface area contributed by atoms with E-state index in [0.717, 1.165) is 37.9 Å². The minimum atomic E-state index is -3.35. The van der Waals surface area contributed by atoms with Crippen molar-refractivity contribution in [3.8, 4) is 11.3 Å². The fourth-order valence-corrected chi connectivity index (χ4v) is 6.41. The number of sulfonamides is 1. The zero-order valence-electron chi connectivity index (χ0n) is 24.2. The molecule has 43 heavy (non-hydrogen) atoms. The average molecular weight is 620 g/mol. The largest absolute Gasteiger partial charge is 0.379 e. The Morgan fingerprint density at radius 2 is 1.58 bits per heavy atom. The van der Waals surface area contributed by atoms with Crippen molar-refractivity contribution in [2.45, 2.75) is 12.3 Å². The van der Waals surface area contributed by atoms with Crippen LogP contribution in [0.1, 0.15) is 23.5 Å². The molecule has 226 valence electrons. The van der Waals surface area contributed by atoms with Crippen LogP contribution in [0.3, 0.4) is 0 Å². The second-order valence-electron chi connectivity index (χ2n) is 10.5. The van der Waals surface area contributed by atoms with E-state index in [1.165, 1.54) is 22.5 Å². The topological polar surface area (TPSA) is 104 Å². The fraction of sp³-hybridized carbons (Fsp3) is 0.312. The number of benzene rings is 3. The van der Waals surface area contributed by atoms with Gasteiger partial charge in [-0.15, -0.1) is 11.3 Å². The third kappa shape index (κ3) is 9.11. The highest BCUT2D eigenvalue weighted by Gasteiger charge is 2.21. The van der Waals surface area contributed by atoms with Crippen LogP contribution in [-0.2, 0) is 14.8 Å². The van der Waals surface area contributed by atoms with Gasteiger partial charge in [-0.25, -0.2) is 18.2 Å². The van der Waals surface area contributed by atoms with Gasteiger partial charge in [0.2, 0.25) is 10.0 Å². The molecule has 0 radical (unpaired) electrons. The first-order valence-corrected chi connectivity index (χ1v) is 17.1. The van der Waals surface area contributed by atoms with Gasteiger partial charge in [0, 0.05) is 55.3 Å². The molecule has 0 unspecified atom stereocenters. The Labute approximate surface area is 257 Å². The van der Waals surface area contributed by atoms with Crippen LogP contribution < -0.4 is 10.0 Å². The summed E-state index contributed by atoms with van der Waals surface area (Å²) in [5.74, 6) is 0.160. The van der Waals surface area contributed by atoms with E-state index in [9.17, 15) is 13.2 Å². The summed E-state index contributed by atoms with van der Waals surface area (Å²) in [6, 6.07) is 27.7. The molecule has 1 saturated heterocycles. The predicted octanol–water partition coefficient (Wildman–Crippen LogP) is 5.57. The molecule has 0 bridgehead atoms. The van der Waals surface area contributed by atoms with Crippen molar-refractivity contribution in [3.05, 3.63) is 101 Å². The summed E-state index contributed by atoms with van der Waals surface area (Å²) >= 11 is 1.36. The number of carbonyl (C=O) groups is 1. The predicted molar refractivity (Wildman–Crippen MR) is 173 cm³/mol. The standard InChI is InChI=1S/C32H37N5O4S2/c1-43(39,40)35-28-14-12-27(13-15-28)30-24-42-31(33-30)34-32(38)37(19-18-36-20-22-41-23-21-36)17-16-29(25-8-4-2-5-9-25)26-10-6-3-7-11-26/h2-15,24,29,35H,16-23H2,1H3,(H,33,34,38). The number of morpholine rings is 1. The Morgan fingerprint density at radius 3 is 2.19 bits per heavy atom. The van der Waals surface area contributed by atoms with Crippen LogP contribution >= 0.6 is 11.3 Å². The molecule has 11 heteroatoms. The molecule has 0 atom stereocenters. The number of hydrogen-bond acceptors (Lipinski definition) is 7. The normalized spacial score (nSPS) is 14.0. The maximum atomic E-state index is 13.7. The number of amides is 2. The van der Waals surface area contributed by atoms with Gasteiger partial charge < -0.3 is 9.64 Å². The SMILES string of the molecule is CS(=O)(=O)Nc1ccc(-c2csc(NC(=O)N(CCC(c3ccccc3)c3ccccc3)CCN3CCOCC3)n2)cc1. The molecule has 0 aliphatic carbocycles. The summed E-state index contributed by atoms with van der Waals surface area (Å²) in [6.45, 7) is 5.09. The molecule has 3 aromatic carbocycles. The van der Waals surface area contributed by atoms with Crippen LogP contribution in [0.25, 0.3) is 11.3 Å². The van der Waals surface area contributed by atoms with Crippen LogP contribution in [0.5, 0.6) is 0 Å². The molecular weight excluding hydrogens is 583 g/mol. The minimum absolute atomic E-state index is 0.160. The number of nitrogens with one attached hydrogen (secondary N) is 2. The number of nitrogens with zero attached hydrogens (tertiary/aromatic N) is 3. The third-order valence-corrected chi connectivity index (χ3v) is 8.73. The van der Waals surface area contributed by atoms with E-state index in [-0.39, 0.29) is 11.9 Å². The summed E-state index contributed by atoms with van der Waals surface area (Å²) in [5, 5.41) is 5.42. The van der Waals surface area contributed by atoms with Crippen LogP contribution in [0.15, 0.2) is 90.3 Å². The lowest BCUT2D eigenvalue weighted by Gasteiger charge is -2.31. The number of urea groups is 1. The van der Waals surface area contributed by atoms with E-state index >= 15 is 0 Å². The van der Waals surface area contributed by atoms with Gasteiger partial charge in [0.15, 0.2) is 5.13 Å². The van der Waals surface area contributed by atoms with Gasteiger partial charge in [-0.05, 0) is 29.7 Å². The van der Waals surface area contributed by atoms with Gasteiger partial charge in [-0.3, -0.25) is 14.9 Å². The molecule has 2 heterocycles. The summed E-state index contributed by atoms with van der Waals surface area (Å²) in [7, 11) is -3.35. The molecular formula is C32H37N5O4S2. The zero-order chi connectivity index (χ0) is 30.1. The third-order valence-electron chi connectivity index (χ3n) is 7.37. The lowest BCUT2D eigenvalue weighted by Crippen LogP contribution is -2.44. The fourth-order valence-electron chi connectivity index (χ4n) is 5.14. The molecule has 2 N–H and O–H groups in total. The van der Waals surface area contributed by atoms with Gasteiger partial charge in [-0.1, -0.05) is 72.8 Å². The summed E-state index contributed by atoms with van der Waals surface area (Å²) in [5.41, 5.74) is 4.47. The number of rotatable bonds is 12. The van der Waals surface area contributed by atoms with E-state index in [2.05, 4.69) is 68.5 Å². The number of thiazole rings is 1. The van der Waals surface area contributed by atoms with E-state index in [1.807, 2.05) is 22.4 Å². The minimum Gasteiger partial charge on any atom is -0.379 e. The van der Waals surface area contributed by atoms with Gasteiger partial charge in [0.1, 0.15) is 0 Å². The quantitative estimate of drug-likeness (QED) is 0.215. The van der Waals surface area contributed by atoms with Crippen molar-refractivity contribution in [1.82, 2.24) is 14.8 Å². The highest BCUT2D eigenvalue weighted by atomic mass is 32.2. The lowest BCUT2D eigenvalue weighted by molar-refractivity contribution is 0.0351. The second-order valence-corrected chi connectivity index (χ2v) is 13.1. The van der Waals surface area contributed by atoms with E-state index < -0.39 is 10.0 Å². The first kappa shape index (κ1) is 30.7. The molecule has 0 saturated carbocycles. The van der Waals surface area contributed by atoms with Gasteiger partial charge in [0.25, 0.3) is 0 Å². The molecule has 4 aromatic rings. The first-order valence-electron chi connectivity index (χ1n) is 14.3. The van der Waals surface area contributed by atoms with Crippen molar-refractivity contribution < 1.29 is 17.9 Å². The van der Waals surface area contributed by atoms with Crippen molar-refractivity contribution in [1.29, 1.82) is 0 Å². The van der Waals surface area contributed by atoms with Crippen molar-refractivity contribution in [2.75, 3.05) is 62.2 Å². The highest BCUT2D eigenvalue weighted by molar-refractivity contribution is 7.92. The molecule has 1 aromatic heterocycles. The number of anilines is 2. The smallest absolute Gasteiger partial charge is 0.323 e. The number of hydrogen-bond donors (Lipinski definition) is 2. The first-order chi connectivity index (χ1) is 20.8. The maximum absolute atomic E-state index is 13.7. The summed E-state index contributed by atoms with van der Waals surface area (Å²) in [6.07, 6.45) is 1.89. The molecule has 1 aliphatic heterocycles. The van der Waals surface area contributed by atoms with E-state index in [4.69, 9.17) is 4.74 Å². The van der Waals surface area contributed by atoms with Crippen molar-refractivity contribution >= 4 is 38.2 Å². The lowest BCUT2D eigenvalue weighted by atomic mass is 9.88. The van der Waals surface area contributed by atoms with Gasteiger partial charge in [0.05, 0.1) is 25.2 Å². The Morgan fingerprint density at radius 1 is 0.953 bits per heavy atom. The zero-order valence-corrected chi connectivity index (χ0v) is 25.8. The van der Waals surface area contributed by atoms with E-state index in [0.29, 0.717) is 42.8 Å². The van der Waals surface area contributed by atoms with Crippen LogP contribution in [0, 0.1) is 0 Å². The molecule has 2 amide bonds. The number of ether oxygens (including phenoxy) is 1. The molecule has 1 fully saturated rings. The average Bonchev–Trinajstić information content (AvgIpc) is 3.48. The molecule has 9 nitrogen and oxygen atoms in total. The molecule has 0 spiro atoms. The van der Waals surface area contributed by atoms with Gasteiger partial charge >= 0.3 is 6.03 Å². The second kappa shape index (κ2) is 14.6. The Hall–Kier alpha value is -3.77. The van der Waals surface area contributed by atoms with Crippen molar-refractivity contribution in [3.63, 3.8) is 0 Å².